The molecule has 0 aromatic carbocycles. The molecule has 1 saturated heterocycles. The predicted octanol–water partition coefficient (Wildman–Crippen LogP) is 0.661. The molecule has 0 radical (unpaired) electrons. The number of hydrogen-bond acceptors (Lipinski definition) is 3. The number of nitrogens with one attached hydrogen (secondary N) is 1. The SMILES string of the molecule is O=C(CCNS(=O)(=O)CBr)N1CCCCC1. The second-order valence-electron chi connectivity index (χ2n) is 3.81. The van der Waals surface area contributed by atoms with Gasteiger partial charge < -0.3 is 4.90 Å². The molecular formula is C9H17BrN2O3S. The minimum absolute atomic E-state index is 0.0389. The summed E-state index contributed by atoms with van der Waals surface area (Å²) in [5.41, 5.74) is 0. The number of alkyl halides is 1. The summed E-state index contributed by atoms with van der Waals surface area (Å²) in [4.78, 5) is 13.5. The first kappa shape index (κ1) is 13.9. The van der Waals surface area contributed by atoms with Crippen LogP contribution < -0.4 is 4.72 Å². The Bertz CT molecular complexity index is 326. The highest BCUT2D eigenvalue weighted by Crippen LogP contribution is 2.09. The van der Waals surface area contributed by atoms with Gasteiger partial charge in [-0.1, -0.05) is 15.9 Å². The van der Waals surface area contributed by atoms with E-state index in [2.05, 4.69) is 20.7 Å². The van der Waals surface area contributed by atoms with Gasteiger partial charge in [-0.3, -0.25) is 4.79 Å². The quantitative estimate of drug-likeness (QED) is 0.758. The van der Waals surface area contributed by atoms with E-state index < -0.39 is 10.0 Å². The van der Waals surface area contributed by atoms with E-state index in [1.54, 1.807) is 0 Å². The number of hydrogen-bond donors (Lipinski definition) is 1. The van der Waals surface area contributed by atoms with Gasteiger partial charge in [0.05, 0.1) is 0 Å². The van der Waals surface area contributed by atoms with Gasteiger partial charge in [0.25, 0.3) is 0 Å². The molecule has 0 bridgehead atoms. The molecule has 0 unspecified atom stereocenters. The number of nitrogens with zero attached hydrogens (tertiary/aromatic N) is 1. The number of amides is 1. The van der Waals surface area contributed by atoms with Crippen molar-refractivity contribution in [1.29, 1.82) is 0 Å². The smallest absolute Gasteiger partial charge is 0.223 e. The molecule has 7 heteroatoms. The van der Waals surface area contributed by atoms with Crippen LogP contribution in [0.2, 0.25) is 0 Å². The third kappa shape index (κ3) is 4.80. The molecular weight excluding hydrogens is 296 g/mol. The summed E-state index contributed by atoms with van der Waals surface area (Å²) in [5.74, 6) is 0.0389. The largest absolute Gasteiger partial charge is 0.343 e. The molecule has 1 aliphatic rings. The van der Waals surface area contributed by atoms with E-state index in [0.717, 1.165) is 25.9 Å². The normalized spacial score (nSPS) is 17.4. The minimum atomic E-state index is -3.25. The van der Waals surface area contributed by atoms with Crippen molar-refractivity contribution in [3.8, 4) is 0 Å². The van der Waals surface area contributed by atoms with E-state index in [-0.39, 0.29) is 23.5 Å². The molecule has 16 heavy (non-hydrogen) atoms. The second-order valence-corrected chi connectivity index (χ2v) is 6.92. The Morgan fingerprint density at radius 3 is 2.44 bits per heavy atom. The van der Waals surface area contributed by atoms with Crippen molar-refractivity contribution in [2.75, 3.05) is 24.3 Å². The highest BCUT2D eigenvalue weighted by Gasteiger charge is 2.16. The van der Waals surface area contributed by atoms with Gasteiger partial charge in [0.1, 0.15) is 4.66 Å². The first-order chi connectivity index (χ1) is 7.55. The molecule has 0 aromatic heterocycles. The predicted molar refractivity (Wildman–Crippen MR) is 65.8 cm³/mol. The van der Waals surface area contributed by atoms with Gasteiger partial charge in [-0.15, -0.1) is 0 Å². The van der Waals surface area contributed by atoms with Crippen LogP contribution in [0.25, 0.3) is 0 Å². The summed E-state index contributed by atoms with van der Waals surface area (Å²) in [6.45, 7) is 1.80. The summed E-state index contributed by atoms with van der Waals surface area (Å²) in [7, 11) is -3.25. The van der Waals surface area contributed by atoms with Crippen LogP contribution in [-0.4, -0.2) is 43.5 Å². The zero-order valence-corrected chi connectivity index (χ0v) is 11.5. The zero-order chi connectivity index (χ0) is 12.0. The van der Waals surface area contributed by atoms with Crippen LogP contribution in [-0.2, 0) is 14.8 Å². The fourth-order valence-corrected chi connectivity index (χ4v) is 2.63. The topological polar surface area (TPSA) is 66.5 Å². The average molecular weight is 313 g/mol. The Labute approximate surface area is 105 Å². The Kier molecular flexibility index (Phi) is 5.71. The number of sulfonamides is 1. The lowest BCUT2D eigenvalue weighted by Gasteiger charge is -2.26. The highest BCUT2D eigenvalue weighted by atomic mass is 79.9. The van der Waals surface area contributed by atoms with Crippen molar-refractivity contribution in [1.82, 2.24) is 9.62 Å². The van der Waals surface area contributed by atoms with E-state index in [0.29, 0.717) is 0 Å². The molecule has 5 nitrogen and oxygen atoms in total. The number of carbonyl (C=O) groups excluding carboxylic acids is 1. The Morgan fingerprint density at radius 2 is 1.88 bits per heavy atom. The molecule has 0 saturated carbocycles. The van der Waals surface area contributed by atoms with Crippen LogP contribution in [0.5, 0.6) is 0 Å². The van der Waals surface area contributed by atoms with E-state index in [4.69, 9.17) is 0 Å². The monoisotopic (exact) mass is 312 g/mol. The molecule has 0 spiro atoms. The molecule has 0 atom stereocenters. The third-order valence-electron chi connectivity index (χ3n) is 2.51. The number of carbonyl (C=O) groups is 1. The van der Waals surface area contributed by atoms with E-state index in [1.165, 1.54) is 6.42 Å². The van der Waals surface area contributed by atoms with Crippen molar-refractivity contribution in [2.45, 2.75) is 25.7 Å². The van der Waals surface area contributed by atoms with Crippen molar-refractivity contribution in [3.05, 3.63) is 0 Å². The van der Waals surface area contributed by atoms with Gasteiger partial charge in [-0.05, 0) is 19.3 Å². The molecule has 1 fully saturated rings. The van der Waals surface area contributed by atoms with Gasteiger partial charge in [0.2, 0.25) is 15.9 Å². The van der Waals surface area contributed by atoms with Gasteiger partial charge in [-0.2, -0.15) is 0 Å². The summed E-state index contributed by atoms with van der Waals surface area (Å²) in [6.07, 6.45) is 3.53. The van der Waals surface area contributed by atoms with E-state index in [9.17, 15) is 13.2 Å². The van der Waals surface area contributed by atoms with Crippen LogP contribution in [0.3, 0.4) is 0 Å². The fourth-order valence-electron chi connectivity index (χ4n) is 1.65. The average Bonchev–Trinajstić information content (AvgIpc) is 2.30. The molecule has 1 aliphatic heterocycles. The minimum Gasteiger partial charge on any atom is -0.343 e. The maximum Gasteiger partial charge on any atom is 0.223 e. The molecule has 1 heterocycles. The molecule has 1 rings (SSSR count). The van der Waals surface area contributed by atoms with Gasteiger partial charge >= 0.3 is 0 Å². The van der Waals surface area contributed by atoms with Crippen LogP contribution >= 0.6 is 15.9 Å². The maximum atomic E-state index is 11.7. The molecule has 1 amide bonds. The van der Waals surface area contributed by atoms with Crippen LogP contribution in [0.1, 0.15) is 25.7 Å². The first-order valence-electron chi connectivity index (χ1n) is 5.36. The summed E-state index contributed by atoms with van der Waals surface area (Å²) >= 11 is 2.87. The highest BCUT2D eigenvalue weighted by molar-refractivity contribution is 9.10. The lowest BCUT2D eigenvalue weighted by atomic mass is 10.1. The molecule has 1 N–H and O–H groups in total. The Balaban J connectivity index is 2.24. The summed E-state index contributed by atoms with van der Waals surface area (Å²) in [5, 5.41) is 0. The molecule has 0 aromatic rings. The lowest BCUT2D eigenvalue weighted by Crippen LogP contribution is -2.37. The van der Waals surface area contributed by atoms with Crippen molar-refractivity contribution < 1.29 is 13.2 Å². The third-order valence-corrected chi connectivity index (χ3v) is 5.25. The Morgan fingerprint density at radius 1 is 1.25 bits per heavy atom. The standard InChI is InChI=1S/C9H17BrN2O3S/c10-8-16(14,15)11-5-4-9(13)12-6-2-1-3-7-12/h11H,1-8H2. The van der Waals surface area contributed by atoms with E-state index >= 15 is 0 Å². The lowest BCUT2D eigenvalue weighted by molar-refractivity contribution is -0.131. The second kappa shape index (κ2) is 6.56. The fraction of sp³-hybridized carbons (Fsp3) is 0.889. The number of likely N-dealkylation sites (tertiary alicyclic amines) is 1. The summed E-state index contributed by atoms with van der Waals surface area (Å²) < 4.78 is 24.4. The summed E-state index contributed by atoms with van der Waals surface area (Å²) in [6, 6.07) is 0. The number of piperidine rings is 1. The molecule has 94 valence electrons. The van der Waals surface area contributed by atoms with Gasteiger partial charge in [0.15, 0.2) is 0 Å². The van der Waals surface area contributed by atoms with Crippen molar-refractivity contribution in [3.63, 3.8) is 0 Å². The van der Waals surface area contributed by atoms with Crippen molar-refractivity contribution in [2.24, 2.45) is 0 Å². The van der Waals surface area contributed by atoms with Crippen LogP contribution in [0.15, 0.2) is 0 Å². The van der Waals surface area contributed by atoms with Gasteiger partial charge in [-0.25, -0.2) is 13.1 Å². The van der Waals surface area contributed by atoms with Crippen LogP contribution in [0, 0.1) is 0 Å². The van der Waals surface area contributed by atoms with Gasteiger partial charge in [0, 0.05) is 26.1 Å². The van der Waals surface area contributed by atoms with Crippen molar-refractivity contribution >= 4 is 31.9 Å². The van der Waals surface area contributed by atoms with E-state index in [1.807, 2.05) is 4.90 Å². The maximum absolute atomic E-state index is 11.7. The van der Waals surface area contributed by atoms with Crippen LogP contribution in [0.4, 0.5) is 0 Å². The number of halogens is 1. The Hall–Kier alpha value is -0.140. The first-order valence-corrected chi connectivity index (χ1v) is 8.13. The molecule has 0 aliphatic carbocycles. The number of rotatable bonds is 5. The zero-order valence-electron chi connectivity index (χ0n) is 9.12.